The first kappa shape index (κ1) is 29.6. The van der Waals surface area contributed by atoms with E-state index in [1.54, 1.807) is 17.3 Å². The van der Waals surface area contributed by atoms with Gasteiger partial charge in [0.2, 0.25) is 15.9 Å². The number of amides is 2. The van der Waals surface area contributed by atoms with Crippen LogP contribution in [0.3, 0.4) is 0 Å². The maximum absolute atomic E-state index is 13.6. The van der Waals surface area contributed by atoms with Gasteiger partial charge in [-0.2, -0.15) is 4.31 Å². The van der Waals surface area contributed by atoms with Crippen molar-refractivity contribution in [1.82, 2.24) is 24.5 Å². The Morgan fingerprint density at radius 1 is 1.03 bits per heavy atom. The molecule has 208 valence electrons. The van der Waals surface area contributed by atoms with Gasteiger partial charge < -0.3 is 20.7 Å². The molecular weight excluding hydrogens is 524 g/mol. The van der Waals surface area contributed by atoms with Gasteiger partial charge in [0.15, 0.2) is 10.6 Å². The zero-order chi connectivity index (χ0) is 27.7. The molecule has 4 N–H and O–H groups in total. The van der Waals surface area contributed by atoms with Gasteiger partial charge in [-0.3, -0.25) is 9.59 Å². The van der Waals surface area contributed by atoms with Crippen molar-refractivity contribution in [3.05, 3.63) is 70.9 Å². The summed E-state index contributed by atoms with van der Waals surface area (Å²) in [5.74, 6) is -0.412. The molecule has 0 unspecified atom stereocenters. The predicted octanol–water partition coefficient (Wildman–Crippen LogP) is 0.947. The summed E-state index contributed by atoms with van der Waals surface area (Å²) in [4.78, 5) is 42.1. The highest BCUT2D eigenvalue weighted by molar-refractivity contribution is 7.89. The van der Waals surface area contributed by atoms with E-state index in [0.717, 1.165) is 5.56 Å². The van der Waals surface area contributed by atoms with E-state index in [9.17, 15) is 22.9 Å². The van der Waals surface area contributed by atoms with Crippen molar-refractivity contribution in [2.45, 2.75) is 44.8 Å². The number of aromatic nitrogens is 2. The van der Waals surface area contributed by atoms with Gasteiger partial charge in [-0.15, -0.1) is 0 Å². The molecule has 0 bridgehead atoms. The van der Waals surface area contributed by atoms with Crippen LogP contribution in [0.5, 0.6) is 0 Å². The Labute approximate surface area is 226 Å². The van der Waals surface area contributed by atoms with Crippen LogP contribution in [0.15, 0.2) is 59.5 Å². The van der Waals surface area contributed by atoms with Gasteiger partial charge in [0, 0.05) is 41.9 Å². The van der Waals surface area contributed by atoms with Crippen molar-refractivity contribution in [2.75, 3.05) is 13.6 Å². The second kappa shape index (κ2) is 11.4. The summed E-state index contributed by atoms with van der Waals surface area (Å²) in [5, 5.41) is 7.07. The van der Waals surface area contributed by atoms with Crippen molar-refractivity contribution >= 4 is 27.5 Å². The van der Waals surface area contributed by atoms with E-state index in [0.29, 0.717) is 11.5 Å². The number of fused-ring (bicyclic) bond motifs is 1. The van der Waals surface area contributed by atoms with Crippen molar-refractivity contribution < 1.29 is 28.7 Å². The molecule has 2 heterocycles. The van der Waals surface area contributed by atoms with Gasteiger partial charge >= 0.3 is 0 Å². The molecular formula is C26H32N6O6S. The number of para-hydroxylation sites is 1. The van der Waals surface area contributed by atoms with E-state index >= 15 is 0 Å². The number of carbonyl (C=O) groups is 2. The Hall–Kier alpha value is -3.94. The highest BCUT2D eigenvalue weighted by atomic mass is 32.2. The van der Waals surface area contributed by atoms with Gasteiger partial charge in [-0.05, 0) is 11.5 Å². The fourth-order valence-corrected chi connectivity index (χ4v) is 6.00. The minimum Gasteiger partial charge on any atom is -0.870 e. The molecule has 2 amide bonds. The number of nitrogens with zero attached hydrogens (tertiary/aromatic N) is 3. The first-order chi connectivity index (χ1) is 18.0. The number of imidazole rings is 1. The molecule has 4 rings (SSSR count). The standard InChI is InChI=1S/C26H30N6O5S.H2O/c1-26(2,3)22(25(34)27-4)29-24(33)21-19-16-31(38(36,37)20-13-9-8-12-18(20)30-35)14-15-32(19)23(28-21)17-10-6-5-7-11-17;/h5-13,22H,14-16H2,1-4H3,(H,27,34)(H,29,33);1H2/t22-;/m1./s1. The SMILES string of the molecule is CNC(=O)[C@@H](NC(=O)c1nc(-c2ccccc2)n2c1CN(S(=O)(=O)c1ccccc1[NH+]=O)CC2)C(C)(C)C.[OH-]. The maximum atomic E-state index is 13.6. The number of hydrogen-bond acceptors (Lipinski definition) is 7. The molecule has 0 radical (unpaired) electrons. The molecule has 1 aromatic heterocycles. The first-order valence-corrected chi connectivity index (χ1v) is 13.6. The lowest BCUT2D eigenvalue weighted by molar-refractivity contribution is -0.382. The summed E-state index contributed by atoms with van der Waals surface area (Å²) in [5.41, 5.74) is 0.546. The fourth-order valence-electron chi connectivity index (χ4n) is 4.47. The summed E-state index contributed by atoms with van der Waals surface area (Å²) in [6, 6.07) is 14.3. The maximum Gasteiger partial charge on any atom is 0.273 e. The second-order valence-electron chi connectivity index (χ2n) is 10.1. The lowest BCUT2D eigenvalue weighted by Crippen LogP contribution is -2.57. The molecule has 0 fully saturated rings. The molecule has 1 aliphatic rings. The van der Waals surface area contributed by atoms with Gasteiger partial charge in [-0.25, -0.2) is 13.4 Å². The Kier molecular flexibility index (Phi) is 8.68. The van der Waals surface area contributed by atoms with E-state index in [4.69, 9.17) is 0 Å². The van der Waals surface area contributed by atoms with Gasteiger partial charge in [0.05, 0.1) is 12.2 Å². The number of rotatable bonds is 7. The van der Waals surface area contributed by atoms with Gasteiger partial charge in [0.1, 0.15) is 11.9 Å². The van der Waals surface area contributed by atoms with Crippen LogP contribution in [0.4, 0.5) is 5.69 Å². The average molecular weight is 557 g/mol. The number of nitrogens with one attached hydrogen (secondary N) is 3. The smallest absolute Gasteiger partial charge is 0.273 e. The van der Waals surface area contributed by atoms with Crippen LogP contribution in [0, 0.1) is 10.3 Å². The fraction of sp³-hybridized carbons (Fsp3) is 0.346. The van der Waals surface area contributed by atoms with E-state index in [-0.39, 0.29) is 47.3 Å². The molecule has 39 heavy (non-hydrogen) atoms. The molecule has 0 saturated heterocycles. The second-order valence-corrected chi connectivity index (χ2v) is 12.0. The lowest BCUT2D eigenvalue weighted by atomic mass is 9.86. The Morgan fingerprint density at radius 3 is 2.28 bits per heavy atom. The predicted molar refractivity (Wildman–Crippen MR) is 142 cm³/mol. The van der Waals surface area contributed by atoms with E-state index < -0.39 is 27.4 Å². The summed E-state index contributed by atoms with van der Waals surface area (Å²) in [7, 11) is -2.58. The Bertz CT molecular complexity index is 1480. The van der Waals surface area contributed by atoms with Crippen LogP contribution in [-0.2, 0) is 27.9 Å². The monoisotopic (exact) mass is 556 g/mol. The third kappa shape index (κ3) is 5.75. The number of sulfonamides is 1. The average Bonchev–Trinajstić information content (AvgIpc) is 3.30. The molecule has 1 aliphatic heterocycles. The third-order valence-electron chi connectivity index (χ3n) is 6.48. The van der Waals surface area contributed by atoms with E-state index in [1.807, 2.05) is 55.7 Å². The highest BCUT2D eigenvalue weighted by Crippen LogP contribution is 2.31. The molecule has 13 heteroatoms. The quantitative estimate of drug-likeness (QED) is 0.388. The number of nitroso groups, excluding NO2 is 1. The lowest BCUT2D eigenvalue weighted by Gasteiger charge is -2.30. The third-order valence-corrected chi connectivity index (χ3v) is 8.39. The van der Waals surface area contributed by atoms with Crippen molar-refractivity contribution in [1.29, 1.82) is 0 Å². The van der Waals surface area contributed by atoms with Crippen LogP contribution in [0.25, 0.3) is 11.4 Å². The summed E-state index contributed by atoms with van der Waals surface area (Å²) in [6.07, 6.45) is 0. The van der Waals surface area contributed by atoms with Crippen molar-refractivity contribution in [3.8, 4) is 11.4 Å². The molecule has 3 aromatic rings. The normalized spacial score (nSPS) is 14.5. The topological polar surface area (TPSA) is 174 Å². The number of hydrogen-bond donors (Lipinski definition) is 3. The van der Waals surface area contributed by atoms with Crippen LogP contribution < -0.4 is 15.8 Å². The Morgan fingerprint density at radius 2 is 1.67 bits per heavy atom. The molecule has 1 atom stereocenters. The Balaban J connectivity index is 0.00000420. The van der Waals surface area contributed by atoms with E-state index in [1.165, 1.54) is 23.5 Å². The van der Waals surface area contributed by atoms with Gasteiger partial charge in [0.25, 0.3) is 11.6 Å². The van der Waals surface area contributed by atoms with Crippen LogP contribution in [0.2, 0.25) is 0 Å². The zero-order valence-corrected chi connectivity index (χ0v) is 22.9. The molecule has 2 aromatic carbocycles. The van der Waals surface area contributed by atoms with E-state index in [2.05, 4.69) is 15.6 Å². The largest absolute Gasteiger partial charge is 0.870 e. The summed E-state index contributed by atoms with van der Waals surface area (Å²) in [6.45, 7) is 5.72. The van der Waals surface area contributed by atoms with Crippen LogP contribution in [-0.4, -0.2) is 59.2 Å². The number of carbonyl (C=O) groups excluding carboxylic acids is 2. The molecule has 0 spiro atoms. The molecule has 12 nitrogen and oxygen atoms in total. The highest BCUT2D eigenvalue weighted by Gasteiger charge is 2.38. The number of benzene rings is 2. The van der Waals surface area contributed by atoms with Crippen molar-refractivity contribution in [3.63, 3.8) is 0 Å². The summed E-state index contributed by atoms with van der Waals surface area (Å²) >= 11 is 0. The van der Waals surface area contributed by atoms with Crippen molar-refractivity contribution in [2.24, 2.45) is 5.41 Å². The summed E-state index contributed by atoms with van der Waals surface area (Å²) < 4.78 is 30.1. The minimum absolute atomic E-state index is 0. The minimum atomic E-state index is -4.08. The van der Waals surface area contributed by atoms with Crippen LogP contribution in [0.1, 0.15) is 37.0 Å². The van der Waals surface area contributed by atoms with Crippen LogP contribution >= 0.6 is 0 Å². The molecule has 0 aliphatic carbocycles. The number of likely N-dealkylation sites (N-methyl/N-ethyl adjacent to an activating group) is 1. The van der Waals surface area contributed by atoms with Gasteiger partial charge in [-0.1, -0.05) is 63.2 Å². The molecule has 0 saturated carbocycles. The first-order valence-electron chi connectivity index (χ1n) is 12.1. The zero-order valence-electron chi connectivity index (χ0n) is 22.1.